The summed E-state index contributed by atoms with van der Waals surface area (Å²) in [4.78, 5) is 2.47. The highest BCUT2D eigenvalue weighted by atomic mass is 15.3. The van der Waals surface area contributed by atoms with E-state index in [2.05, 4.69) is 62.0 Å². The standard InChI is InChI=1S/C18H27N3/c1-6-21(7-2)12-11-16-9-8-10-17(13-16)18-14(3)19-20(5)15(18)4/h8-10,13H,6-7,11-12H2,1-5H3. The second kappa shape index (κ2) is 6.90. The first-order valence-electron chi connectivity index (χ1n) is 7.88. The van der Waals surface area contributed by atoms with Crippen LogP contribution in [0.15, 0.2) is 24.3 Å². The van der Waals surface area contributed by atoms with Crippen LogP contribution in [0.1, 0.15) is 30.8 Å². The van der Waals surface area contributed by atoms with Gasteiger partial charge in [-0.05, 0) is 44.5 Å². The van der Waals surface area contributed by atoms with Crippen molar-refractivity contribution >= 4 is 0 Å². The summed E-state index contributed by atoms with van der Waals surface area (Å²) in [7, 11) is 2.01. The molecule has 0 spiro atoms. The van der Waals surface area contributed by atoms with Crippen molar-refractivity contribution in [3.8, 4) is 11.1 Å². The minimum Gasteiger partial charge on any atom is -0.304 e. The van der Waals surface area contributed by atoms with Crippen LogP contribution in [0.4, 0.5) is 0 Å². The van der Waals surface area contributed by atoms with Crippen molar-refractivity contribution in [1.82, 2.24) is 14.7 Å². The number of likely N-dealkylation sites (N-methyl/N-ethyl adjacent to an activating group) is 1. The summed E-state index contributed by atoms with van der Waals surface area (Å²) in [6.45, 7) is 12.0. The molecule has 0 fully saturated rings. The van der Waals surface area contributed by atoms with Crippen LogP contribution in [-0.2, 0) is 13.5 Å². The number of benzene rings is 1. The van der Waals surface area contributed by atoms with Crippen LogP contribution in [0.25, 0.3) is 11.1 Å². The van der Waals surface area contributed by atoms with E-state index in [9.17, 15) is 0 Å². The molecule has 0 saturated carbocycles. The molecule has 0 atom stereocenters. The van der Waals surface area contributed by atoms with E-state index < -0.39 is 0 Å². The van der Waals surface area contributed by atoms with Crippen LogP contribution < -0.4 is 0 Å². The van der Waals surface area contributed by atoms with E-state index in [-0.39, 0.29) is 0 Å². The molecule has 0 aliphatic heterocycles. The van der Waals surface area contributed by atoms with Gasteiger partial charge in [0, 0.05) is 24.8 Å². The van der Waals surface area contributed by atoms with Gasteiger partial charge in [-0.15, -0.1) is 0 Å². The third-order valence-electron chi connectivity index (χ3n) is 4.34. The maximum atomic E-state index is 4.53. The highest BCUT2D eigenvalue weighted by molar-refractivity contribution is 5.69. The van der Waals surface area contributed by atoms with Gasteiger partial charge in [0.25, 0.3) is 0 Å². The zero-order valence-electron chi connectivity index (χ0n) is 14.0. The molecule has 0 aliphatic carbocycles. The van der Waals surface area contributed by atoms with E-state index in [1.165, 1.54) is 22.4 Å². The third-order valence-corrected chi connectivity index (χ3v) is 4.34. The SMILES string of the molecule is CCN(CC)CCc1cccc(-c2c(C)nn(C)c2C)c1. The van der Waals surface area contributed by atoms with Gasteiger partial charge in [0.05, 0.1) is 5.69 Å². The quantitative estimate of drug-likeness (QED) is 0.809. The lowest BCUT2D eigenvalue weighted by Gasteiger charge is -2.17. The van der Waals surface area contributed by atoms with Crippen LogP contribution in [0.3, 0.4) is 0 Å². The first kappa shape index (κ1) is 15.8. The average molecular weight is 285 g/mol. The molecular formula is C18H27N3. The number of aryl methyl sites for hydroxylation is 2. The second-order valence-electron chi connectivity index (χ2n) is 5.65. The van der Waals surface area contributed by atoms with Crippen molar-refractivity contribution in [2.45, 2.75) is 34.1 Å². The lowest BCUT2D eigenvalue weighted by Crippen LogP contribution is -2.25. The van der Waals surface area contributed by atoms with Gasteiger partial charge in [0.1, 0.15) is 0 Å². The first-order valence-corrected chi connectivity index (χ1v) is 7.88. The fraction of sp³-hybridized carbons (Fsp3) is 0.500. The molecule has 3 heteroatoms. The van der Waals surface area contributed by atoms with E-state index in [1.54, 1.807) is 0 Å². The number of aromatic nitrogens is 2. The van der Waals surface area contributed by atoms with E-state index in [4.69, 9.17) is 0 Å². The molecule has 1 aromatic carbocycles. The minimum absolute atomic E-state index is 1.11. The molecule has 0 N–H and O–H groups in total. The lowest BCUT2D eigenvalue weighted by molar-refractivity contribution is 0.308. The molecule has 1 heterocycles. The Hall–Kier alpha value is -1.61. The van der Waals surface area contributed by atoms with E-state index in [0.29, 0.717) is 0 Å². The highest BCUT2D eigenvalue weighted by Gasteiger charge is 2.11. The van der Waals surface area contributed by atoms with Crippen LogP contribution in [0.2, 0.25) is 0 Å². The van der Waals surface area contributed by atoms with Gasteiger partial charge in [0.2, 0.25) is 0 Å². The predicted molar refractivity (Wildman–Crippen MR) is 89.6 cm³/mol. The Kier molecular flexibility index (Phi) is 5.18. The Bertz CT molecular complexity index is 595. The van der Waals surface area contributed by atoms with Gasteiger partial charge >= 0.3 is 0 Å². The van der Waals surface area contributed by atoms with Crippen LogP contribution in [-0.4, -0.2) is 34.3 Å². The van der Waals surface area contributed by atoms with Gasteiger partial charge in [-0.1, -0.05) is 38.1 Å². The maximum absolute atomic E-state index is 4.53. The van der Waals surface area contributed by atoms with Crippen LogP contribution >= 0.6 is 0 Å². The molecule has 1 aromatic heterocycles. The van der Waals surface area contributed by atoms with Gasteiger partial charge in [-0.2, -0.15) is 5.10 Å². The number of nitrogens with zero attached hydrogens (tertiary/aromatic N) is 3. The molecule has 114 valence electrons. The minimum atomic E-state index is 1.11. The first-order chi connectivity index (χ1) is 10.1. The molecule has 2 aromatic rings. The Morgan fingerprint density at radius 3 is 2.43 bits per heavy atom. The van der Waals surface area contributed by atoms with Crippen LogP contribution in [0, 0.1) is 13.8 Å². The topological polar surface area (TPSA) is 21.1 Å². The normalized spacial score (nSPS) is 11.3. The van der Waals surface area contributed by atoms with E-state index in [0.717, 1.165) is 31.7 Å². The Balaban J connectivity index is 2.21. The molecule has 0 radical (unpaired) electrons. The highest BCUT2D eigenvalue weighted by Crippen LogP contribution is 2.27. The average Bonchev–Trinajstić information content (AvgIpc) is 2.73. The summed E-state index contributed by atoms with van der Waals surface area (Å²) >= 11 is 0. The van der Waals surface area contributed by atoms with Crippen molar-refractivity contribution in [3.63, 3.8) is 0 Å². The predicted octanol–water partition coefficient (Wildman–Crippen LogP) is 3.59. The van der Waals surface area contributed by atoms with Gasteiger partial charge in [-0.3, -0.25) is 4.68 Å². The monoisotopic (exact) mass is 285 g/mol. The molecule has 0 saturated heterocycles. The number of hydrogen-bond donors (Lipinski definition) is 0. The molecule has 3 nitrogen and oxygen atoms in total. The van der Waals surface area contributed by atoms with E-state index in [1.807, 2.05) is 11.7 Å². The second-order valence-corrected chi connectivity index (χ2v) is 5.65. The molecule has 0 aliphatic rings. The summed E-state index contributed by atoms with van der Waals surface area (Å²) in [5.74, 6) is 0. The van der Waals surface area contributed by atoms with E-state index >= 15 is 0 Å². The Morgan fingerprint density at radius 1 is 1.14 bits per heavy atom. The Morgan fingerprint density at radius 2 is 1.86 bits per heavy atom. The Labute approximate surface area is 128 Å². The van der Waals surface area contributed by atoms with Crippen molar-refractivity contribution in [2.24, 2.45) is 7.05 Å². The largest absolute Gasteiger partial charge is 0.304 e. The van der Waals surface area contributed by atoms with Crippen molar-refractivity contribution in [2.75, 3.05) is 19.6 Å². The number of hydrogen-bond acceptors (Lipinski definition) is 2. The summed E-state index contributed by atoms with van der Waals surface area (Å²) in [5.41, 5.74) is 6.31. The zero-order valence-corrected chi connectivity index (χ0v) is 14.0. The van der Waals surface area contributed by atoms with Crippen molar-refractivity contribution in [3.05, 3.63) is 41.2 Å². The molecule has 0 unspecified atom stereocenters. The molecule has 2 rings (SSSR count). The molecule has 21 heavy (non-hydrogen) atoms. The fourth-order valence-electron chi connectivity index (χ4n) is 2.90. The maximum Gasteiger partial charge on any atom is 0.0674 e. The van der Waals surface area contributed by atoms with Gasteiger partial charge < -0.3 is 4.90 Å². The van der Waals surface area contributed by atoms with Gasteiger partial charge in [0.15, 0.2) is 0 Å². The summed E-state index contributed by atoms with van der Waals surface area (Å²) < 4.78 is 1.97. The lowest BCUT2D eigenvalue weighted by atomic mass is 10.00. The van der Waals surface area contributed by atoms with Crippen LogP contribution in [0.5, 0.6) is 0 Å². The van der Waals surface area contributed by atoms with Gasteiger partial charge in [-0.25, -0.2) is 0 Å². The molecule has 0 bridgehead atoms. The van der Waals surface area contributed by atoms with Crippen molar-refractivity contribution < 1.29 is 0 Å². The summed E-state index contributed by atoms with van der Waals surface area (Å²) in [6.07, 6.45) is 1.11. The number of rotatable bonds is 6. The van der Waals surface area contributed by atoms with Crippen molar-refractivity contribution in [1.29, 1.82) is 0 Å². The fourth-order valence-corrected chi connectivity index (χ4v) is 2.90. The third kappa shape index (κ3) is 3.53. The summed E-state index contributed by atoms with van der Waals surface area (Å²) in [6, 6.07) is 8.91. The zero-order chi connectivity index (χ0) is 15.4. The smallest absolute Gasteiger partial charge is 0.0674 e. The molecular weight excluding hydrogens is 258 g/mol. The molecule has 0 amide bonds. The summed E-state index contributed by atoms with van der Waals surface area (Å²) in [5, 5.41) is 4.53.